The van der Waals surface area contributed by atoms with E-state index in [1.165, 1.54) is 23.0 Å². The van der Waals surface area contributed by atoms with Crippen molar-refractivity contribution in [2.24, 2.45) is 0 Å². The molecule has 0 aliphatic carbocycles. The maximum absolute atomic E-state index is 13.3. The van der Waals surface area contributed by atoms with E-state index in [0.717, 1.165) is 12.1 Å². The van der Waals surface area contributed by atoms with Gasteiger partial charge >= 0.3 is 5.97 Å². The van der Waals surface area contributed by atoms with Gasteiger partial charge in [-0.25, -0.2) is 14.2 Å². The number of carboxylic acid groups (broad SMARTS) is 1. The van der Waals surface area contributed by atoms with Crippen LogP contribution in [0.3, 0.4) is 0 Å². The number of benzene rings is 2. The van der Waals surface area contributed by atoms with Gasteiger partial charge in [0.15, 0.2) is 0 Å². The highest BCUT2D eigenvalue weighted by Gasteiger charge is 2.15. The molecular weight excluding hydrogens is 318 g/mol. The zero-order valence-electron chi connectivity index (χ0n) is 10.3. The van der Waals surface area contributed by atoms with Crippen LogP contribution in [-0.4, -0.2) is 20.6 Å². The van der Waals surface area contributed by atoms with E-state index in [0.29, 0.717) is 16.7 Å². The van der Waals surface area contributed by atoms with Gasteiger partial charge in [0.2, 0.25) is 0 Å². The highest BCUT2D eigenvalue weighted by molar-refractivity contribution is 6.37. The Bertz CT molecular complexity index is 854. The molecule has 1 aromatic heterocycles. The Morgan fingerprint density at radius 1 is 1.19 bits per heavy atom. The van der Waals surface area contributed by atoms with Crippen molar-refractivity contribution in [3.05, 3.63) is 58.1 Å². The Labute approximate surface area is 128 Å². The normalized spacial score (nSPS) is 11.0. The molecular formula is C14H7Cl2FN2O2. The number of nitrogens with zero attached hydrogens (tertiary/aromatic N) is 2. The highest BCUT2D eigenvalue weighted by atomic mass is 35.5. The van der Waals surface area contributed by atoms with E-state index < -0.39 is 11.8 Å². The second-order valence-corrected chi connectivity index (χ2v) is 5.16. The molecule has 21 heavy (non-hydrogen) atoms. The van der Waals surface area contributed by atoms with Crippen LogP contribution in [0.1, 0.15) is 10.4 Å². The van der Waals surface area contributed by atoms with Crippen LogP contribution >= 0.6 is 23.2 Å². The Hall–Kier alpha value is -2.11. The lowest BCUT2D eigenvalue weighted by Gasteiger charge is -2.09. The molecule has 0 atom stereocenters. The fourth-order valence-corrected chi connectivity index (χ4v) is 2.73. The summed E-state index contributed by atoms with van der Waals surface area (Å²) >= 11 is 12.1. The lowest BCUT2D eigenvalue weighted by molar-refractivity contribution is 0.0697. The molecule has 0 unspecified atom stereocenters. The quantitative estimate of drug-likeness (QED) is 0.769. The Morgan fingerprint density at radius 3 is 2.48 bits per heavy atom. The highest BCUT2D eigenvalue weighted by Crippen LogP contribution is 2.32. The molecule has 0 fully saturated rings. The third kappa shape index (κ3) is 2.34. The van der Waals surface area contributed by atoms with Crippen LogP contribution in [0.4, 0.5) is 4.39 Å². The summed E-state index contributed by atoms with van der Waals surface area (Å²) in [6.45, 7) is 0. The smallest absolute Gasteiger partial charge is 0.335 e. The van der Waals surface area contributed by atoms with Gasteiger partial charge in [0, 0.05) is 0 Å². The number of fused-ring (bicyclic) bond motifs is 1. The van der Waals surface area contributed by atoms with E-state index in [1.54, 1.807) is 6.07 Å². The average Bonchev–Trinajstić information content (AvgIpc) is 2.80. The minimum atomic E-state index is -1.05. The number of rotatable bonds is 2. The number of aromatic carboxylic acids is 1. The number of aromatic nitrogens is 2. The second kappa shape index (κ2) is 5.02. The number of carboxylic acids is 1. The largest absolute Gasteiger partial charge is 0.478 e. The summed E-state index contributed by atoms with van der Waals surface area (Å²) in [5.74, 6) is -1.61. The summed E-state index contributed by atoms with van der Waals surface area (Å²) in [4.78, 5) is 15.2. The molecule has 0 aliphatic rings. The van der Waals surface area contributed by atoms with Gasteiger partial charge in [-0.15, -0.1) is 0 Å². The van der Waals surface area contributed by atoms with Gasteiger partial charge in [-0.05, 0) is 30.3 Å². The predicted molar refractivity (Wildman–Crippen MR) is 78.0 cm³/mol. The minimum Gasteiger partial charge on any atom is -0.478 e. The predicted octanol–water partition coefficient (Wildman–Crippen LogP) is 4.17. The van der Waals surface area contributed by atoms with Crippen LogP contribution < -0.4 is 0 Å². The van der Waals surface area contributed by atoms with Crippen molar-refractivity contribution in [3.63, 3.8) is 0 Å². The van der Waals surface area contributed by atoms with Gasteiger partial charge in [0.1, 0.15) is 12.1 Å². The van der Waals surface area contributed by atoms with E-state index in [4.69, 9.17) is 28.3 Å². The van der Waals surface area contributed by atoms with Crippen LogP contribution in [0.2, 0.25) is 10.0 Å². The summed E-state index contributed by atoms with van der Waals surface area (Å²) in [5, 5.41) is 9.28. The third-order valence-electron chi connectivity index (χ3n) is 3.02. The lowest BCUT2D eigenvalue weighted by Crippen LogP contribution is -1.99. The molecule has 1 N–H and O–H groups in total. The third-order valence-corrected chi connectivity index (χ3v) is 3.59. The maximum atomic E-state index is 13.3. The number of hydrogen-bond acceptors (Lipinski definition) is 2. The molecule has 0 spiro atoms. The van der Waals surface area contributed by atoms with Crippen molar-refractivity contribution in [2.75, 3.05) is 0 Å². The van der Waals surface area contributed by atoms with E-state index in [-0.39, 0.29) is 15.6 Å². The zero-order valence-corrected chi connectivity index (χ0v) is 11.9. The molecule has 0 aliphatic heterocycles. The molecule has 4 nitrogen and oxygen atoms in total. The van der Waals surface area contributed by atoms with Crippen molar-refractivity contribution in [1.29, 1.82) is 0 Å². The van der Waals surface area contributed by atoms with E-state index in [1.807, 2.05) is 0 Å². The summed E-state index contributed by atoms with van der Waals surface area (Å²) < 4.78 is 14.8. The number of hydrogen-bond donors (Lipinski definition) is 1. The first-order valence-electron chi connectivity index (χ1n) is 5.82. The van der Waals surface area contributed by atoms with Crippen LogP contribution in [-0.2, 0) is 0 Å². The van der Waals surface area contributed by atoms with Crippen LogP contribution in [0, 0.1) is 5.82 Å². The first-order valence-corrected chi connectivity index (χ1v) is 6.58. The first-order chi connectivity index (χ1) is 9.97. The van der Waals surface area contributed by atoms with Gasteiger partial charge in [-0.1, -0.05) is 23.2 Å². The monoisotopic (exact) mass is 324 g/mol. The Balaban J connectivity index is 2.30. The molecule has 0 radical (unpaired) electrons. The first kappa shape index (κ1) is 13.9. The molecule has 2 aromatic carbocycles. The minimum absolute atomic E-state index is 0.110. The Morgan fingerprint density at radius 2 is 1.86 bits per heavy atom. The summed E-state index contributed by atoms with van der Waals surface area (Å²) in [6.07, 6.45) is 1.46. The molecule has 0 saturated heterocycles. The van der Waals surface area contributed by atoms with E-state index in [9.17, 15) is 9.18 Å². The zero-order chi connectivity index (χ0) is 15.1. The van der Waals surface area contributed by atoms with Gasteiger partial charge < -0.3 is 5.11 Å². The van der Waals surface area contributed by atoms with Gasteiger partial charge in [0.05, 0.1) is 32.3 Å². The molecule has 3 aromatic rings. The SMILES string of the molecule is O=C(O)c1ccc2ncn(-c3c(Cl)cc(F)cc3Cl)c2c1. The molecule has 3 rings (SSSR count). The van der Waals surface area contributed by atoms with Crippen molar-refractivity contribution in [2.45, 2.75) is 0 Å². The number of carbonyl (C=O) groups is 1. The summed E-state index contributed by atoms with van der Waals surface area (Å²) in [7, 11) is 0. The van der Waals surface area contributed by atoms with Crippen molar-refractivity contribution >= 4 is 40.2 Å². The molecule has 106 valence electrons. The fraction of sp³-hybridized carbons (Fsp3) is 0. The van der Waals surface area contributed by atoms with Crippen LogP contribution in [0.25, 0.3) is 16.7 Å². The van der Waals surface area contributed by atoms with Crippen molar-refractivity contribution < 1.29 is 14.3 Å². The van der Waals surface area contributed by atoms with Crippen LogP contribution in [0.5, 0.6) is 0 Å². The summed E-state index contributed by atoms with van der Waals surface area (Å²) in [5.41, 5.74) is 1.56. The van der Waals surface area contributed by atoms with Crippen molar-refractivity contribution in [1.82, 2.24) is 9.55 Å². The molecule has 0 bridgehead atoms. The lowest BCUT2D eigenvalue weighted by atomic mass is 10.2. The molecule has 0 amide bonds. The molecule has 7 heteroatoms. The van der Waals surface area contributed by atoms with E-state index >= 15 is 0 Å². The number of imidazole rings is 1. The molecule has 1 heterocycles. The van der Waals surface area contributed by atoms with Gasteiger partial charge in [-0.3, -0.25) is 4.57 Å². The summed E-state index contributed by atoms with van der Waals surface area (Å²) in [6, 6.07) is 6.77. The standard InChI is InChI=1S/C14H7Cl2FN2O2/c15-9-4-8(17)5-10(16)13(9)19-6-18-11-2-1-7(14(20)21)3-12(11)19/h1-6H,(H,20,21). The van der Waals surface area contributed by atoms with E-state index in [2.05, 4.69) is 4.98 Å². The Kier molecular flexibility index (Phi) is 3.31. The van der Waals surface area contributed by atoms with Gasteiger partial charge in [0.25, 0.3) is 0 Å². The number of halogens is 3. The average molecular weight is 325 g/mol. The van der Waals surface area contributed by atoms with Crippen LogP contribution in [0.15, 0.2) is 36.7 Å². The maximum Gasteiger partial charge on any atom is 0.335 e. The molecule has 0 saturated carbocycles. The van der Waals surface area contributed by atoms with Gasteiger partial charge in [-0.2, -0.15) is 0 Å². The fourth-order valence-electron chi connectivity index (χ4n) is 2.08. The second-order valence-electron chi connectivity index (χ2n) is 4.34. The van der Waals surface area contributed by atoms with Crippen molar-refractivity contribution in [3.8, 4) is 5.69 Å². The topological polar surface area (TPSA) is 55.1 Å².